The molecule has 0 aliphatic heterocycles. The van der Waals surface area contributed by atoms with E-state index in [1.165, 1.54) is 23.7 Å². The molecular weight excluding hydrogens is 362 g/mol. The van der Waals surface area contributed by atoms with Crippen LogP contribution in [0.15, 0.2) is 29.4 Å². The highest BCUT2D eigenvalue weighted by atomic mass is 32.2. The molecule has 1 fully saturated rings. The average molecular weight is 388 g/mol. The number of imide groups is 1. The van der Waals surface area contributed by atoms with Gasteiger partial charge in [-0.3, -0.25) is 15.2 Å². The molecule has 0 bridgehead atoms. The molecule has 0 saturated heterocycles. The molecule has 0 radical (unpaired) electrons. The number of rotatable bonds is 6. The van der Waals surface area contributed by atoms with Gasteiger partial charge in [0.1, 0.15) is 0 Å². The van der Waals surface area contributed by atoms with Crippen LogP contribution >= 0.6 is 11.8 Å². The number of benzene rings is 1. The summed E-state index contributed by atoms with van der Waals surface area (Å²) in [5, 5.41) is 12.7. The van der Waals surface area contributed by atoms with Crippen LogP contribution in [0, 0.1) is 0 Å². The van der Waals surface area contributed by atoms with Gasteiger partial charge in [-0.25, -0.2) is 9.78 Å². The van der Waals surface area contributed by atoms with Crippen LogP contribution in [0.5, 0.6) is 0 Å². The van der Waals surface area contributed by atoms with Crippen molar-refractivity contribution in [3.05, 3.63) is 29.8 Å². The van der Waals surface area contributed by atoms with Gasteiger partial charge in [0, 0.05) is 11.6 Å². The molecule has 0 atom stereocenters. The topological polar surface area (TPSA) is 99.8 Å². The summed E-state index contributed by atoms with van der Waals surface area (Å²) in [6, 6.07) is 7.87. The summed E-state index contributed by atoms with van der Waals surface area (Å²) in [5.41, 5.74) is 2.21. The van der Waals surface area contributed by atoms with Crippen LogP contribution in [-0.2, 0) is 11.2 Å². The summed E-state index contributed by atoms with van der Waals surface area (Å²) >= 11 is 1.19. The number of carbonyl (C=O) groups excluding carboxylic acids is 2. The van der Waals surface area contributed by atoms with Crippen molar-refractivity contribution in [2.24, 2.45) is 0 Å². The van der Waals surface area contributed by atoms with Crippen LogP contribution < -0.4 is 10.6 Å². The molecule has 27 heavy (non-hydrogen) atoms. The van der Waals surface area contributed by atoms with E-state index in [1.54, 1.807) is 0 Å². The monoisotopic (exact) mass is 387 g/mol. The zero-order valence-electron chi connectivity index (χ0n) is 15.5. The van der Waals surface area contributed by atoms with Gasteiger partial charge in [0.15, 0.2) is 5.82 Å². The molecule has 7 nitrogen and oxygen atoms in total. The summed E-state index contributed by atoms with van der Waals surface area (Å²) in [6.45, 7) is 2.11. The number of hydrogen-bond donors (Lipinski definition) is 3. The van der Waals surface area contributed by atoms with Gasteiger partial charge in [-0.1, -0.05) is 62.2 Å². The predicted octanol–water partition coefficient (Wildman–Crippen LogP) is 3.28. The van der Waals surface area contributed by atoms with E-state index in [9.17, 15) is 9.59 Å². The zero-order valence-corrected chi connectivity index (χ0v) is 16.3. The van der Waals surface area contributed by atoms with Crippen molar-refractivity contribution < 1.29 is 9.59 Å². The third-order valence-electron chi connectivity index (χ3n) is 4.63. The van der Waals surface area contributed by atoms with Crippen molar-refractivity contribution in [1.29, 1.82) is 0 Å². The van der Waals surface area contributed by atoms with E-state index in [4.69, 9.17) is 0 Å². The molecule has 3 rings (SSSR count). The summed E-state index contributed by atoms with van der Waals surface area (Å²) in [4.78, 5) is 28.2. The van der Waals surface area contributed by atoms with Crippen molar-refractivity contribution in [2.75, 3.05) is 5.75 Å². The van der Waals surface area contributed by atoms with Crippen LogP contribution in [-0.4, -0.2) is 38.9 Å². The lowest BCUT2D eigenvalue weighted by Gasteiger charge is -2.22. The summed E-state index contributed by atoms with van der Waals surface area (Å²) in [5.74, 6) is 0.395. The highest BCUT2D eigenvalue weighted by Crippen LogP contribution is 2.20. The van der Waals surface area contributed by atoms with E-state index in [-0.39, 0.29) is 17.7 Å². The highest BCUT2D eigenvalue weighted by Gasteiger charge is 2.17. The van der Waals surface area contributed by atoms with Crippen molar-refractivity contribution in [2.45, 2.75) is 56.6 Å². The van der Waals surface area contributed by atoms with Crippen LogP contribution in [0.3, 0.4) is 0 Å². The Morgan fingerprint density at radius 2 is 1.93 bits per heavy atom. The first-order chi connectivity index (χ1) is 13.1. The largest absolute Gasteiger partial charge is 0.335 e. The number of nitrogens with zero attached hydrogens (tertiary/aromatic N) is 2. The van der Waals surface area contributed by atoms with E-state index >= 15 is 0 Å². The Labute approximate surface area is 163 Å². The molecule has 0 spiro atoms. The number of amides is 3. The number of aromatic amines is 1. The van der Waals surface area contributed by atoms with Crippen LogP contribution in [0.2, 0.25) is 0 Å². The van der Waals surface area contributed by atoms with Gasteiger partial charge < -0.3 is 5.32 Å². The standard InChI is InChI=1S/C19H25N5O2S/c1-2-13-8-10-14(11-9-13)17-22-19(24-23-17)27-12-16(25)21-18(26)20-15-6-4-3-5-7-15/h8-11,15H,2-7,12H2,1H3,(H,22,23,24)(H2,20,21,25,26). The first kappa shape index (κ1) is 19.4. The fraction of sp³-hybridized carbons (Fsp3) is 0.474. The Kier molecular flexibility index (Phi) is 6.86. The van der Waals surface area contributed by atoms with Crippen molar-refractivity contribution >= 4 is 23.7 Å². The molecule has 3 amide bonds. The number of H-pyrrole nitrogens is 1. The normalized spacial score (nSPS) is 14.7. The highest BCUT2D eigenvalue weighted by molar-refractivity contribution is 7.99. The number of urea groups is 1. The minimum absolute atomic E-state index is 0.0875. The number of aromatic nitrogens is 3. The van der Waals surface area contributed by atoms with Crippen LogP contribution in [0.4, 0.5) is 4.79 Å². The maximum atomic E-state index is 12.0. The van der Waals surface area contributed by atoms with Gasteiger partial charge >= 0.3 is 6.03 Å². The van der Waals surface area contributed by atoms with Gasteiger partial charge in [-0.15, -0.1) is 5.10 Å². The second-order valence-electron chi connectivity index (χ2n) is 6.66. The lowest BCUT2D eigenvalue weighted by molar-refractivity contribution is -0.117. The van der Waals surface area contributed by atoms with Gasteiger partial charge in [-0.2, -0.15) is 0 Å². The predicted molar refractivity (Wildman–Crippen MR) is 105 cm³/mol. The Hall–Kier alpha value is -2.35. The fourth-order valence-corrected chi connectivity index (χ4v) is 3.70. The number of carbonyl (C=O) groups is 2. The third-order valence-corrected chi connectivity index (χ3v) is 5.47. The first-order valence-electron chi connectivity index (χ1n) is 9.39. The molecule has 1 aliphatic rings. The fourth-order valence-electron chi connectivity index (χ4n) is 3.10. The van der Waals surface area contributed by atoms with E-state index < -0.39 is 6.03 Å². The van der Waals surface area contributed by atoms with E-state index in [1.807, 2.05) is 12.1 Å². The number of nitrogens with one attached hydrogen (secondary N) is 3. The smallest absolute Gasteiger partial charge is 0.321 e. The molecule has 144 valence electrons. The SMILES string of the molecule is CCc1ccc(-c2nc(SCC(=O)NC(=O)NC3CCCCC3)n[nH]2)cc1. The van der Waals surface area contributed by atoms with Crippen molar-refractivity contribution in [3.63, 3.8) is 0 Å². The quantitative estimate of drug-likeness (QED) is 0.661. The van der Waals surface area contributed by atoms with Gasteiger partial charge in [-0.05, 0) is 24.8 Å². The third kappa shape index (κ3) is 5.82. The molecule has 1 aromatic heterocycles. The molecule has 2 aromatic rings. The molecule has 1 aromatic carbocycles. The Morgan fingerprint density at radius 1 is 1.19 bits per heavy atom. The van der Waals surface area contributed by atoms with Gasteiger partial charge in [0.2, 0.25) is 11.1 Å². The van der Waals surface area contributed by atoms with E-state index in [0.717, 1.165) is 37.7 Å². The number of hydrogen-bond acceptors (Lipinski definition) is 5. The maximum absolute atomic E-state index is 12.0. The molecule has 1 heterocycles. The van der Waals surface area contributed by atoms with Crippen LogP contribution in [0.25, 0.3) is 11.4 Å². The molecular formula is C19H25N5O2S. The second-order valence-corrected chi connectivity index (χ2v) is 7.60. The van der Waals surface area contributed by atoms with Crippen molar-refractivity contribution in [1.82, 2.24) is 25.8 Å². The van der Waals surface area contributed by atoms with Crippen molar-refractivity contribution in [3.8, 4) is 11.4 Å². The van der Waals surface area contributed by atoms with Crippen LogP contribution in [0.1, 0.15) is 44.6 Å². The molecule has 8 heteroatoms. The first-order valence-corrected chi connectivity index (χ1v) is 10.4. The summed E-state index contributed by atoms with van der Waals surface area (Å²) < 4.78 is 0. The summed E-state index contributed by atoms with van der Waals surface area (Å²) in [7, 11) is 0. The average Bonchev–Trinajstić information content (AvgIpc) is 3.16. The van der Waals surface area contributed by atoms with E-state index in [0.29, 0.717) is 11.0 Å². The summed E-state index contributed by atoms with van der Waals surface area (Å²) in [6.07, 6.45) is 6.43. The van der Waals surface area contributed by atoms with Gasteiger partial charge in [0.05, 0.1) is 5.75 Å². The van der Waals surface area contributed by atoms with Gasteiger partial charge in [0.25, 0.3) is 0 Å². The van der Waals surface area contributed by atoms with E-state index in [2.05, 4.69) is 44.9 Å². The number of thioether (sulfide) groups is 1. The Balaban J connectivity index is 1.44. The lowest BCUT2D eigenvalue weighted by Crippen LogP contribution is -2.45. The minimum Gasteiger partial charge on any atom is -0.335 e. The molecule has 0 unspecified atom stereocenters. The molecule has 3 N–H and O–H groups in total. The Morgan fingerprint density at radius 3 is 2.63 bits per heavy atom. The lowest BCUT2D eigenvalue weighted by atomic mass is 9.96. The maximum Gasteiger partial charge on any atom is 0.321 e. The minimum atomic E-state index is -0.417. The second kappa shape index (κ2) is 9.55. The molecule has 1 aliphatic carbocycles. The zero-order chi connectivity index (χ0) is 19.1. The molecule has 1 saturated carbocycles. The Bertz CT molecular complexity index is 769. The number of aryl methyl sites for hydroxylation is 1.